The summed E-state index contributed by atoms with van der Waals surface area (Å²) in [4.78, 5) is 0. The molecule has 0 spiro atoms. The van der Waals surface area contributed by atoms with Crippen LogP contribution >= 0.6 is 0 Å². The third-order valence-electron chi connectivity index (χ3n) is 7.03. The predicted molar refractivity (Wildman–Crippen MR) is 126 cm³/mol. The van der Waals surface area contributed by atoms with Gasteiger partial charge < -0.3 is 0 Å². The van der Waals surface area contributed by atoms with Crippen LogP contribution in [0.4, 0.5) is 0 Å². The van der Waals surface area contributed by atoms with E-state index in [2.05, 4.69) is 45.0 Å². The third kappa shape index (κ3) is 4.22. The molecule has 2 aliphatic carbocycles. The Balaban J connectivity index is 2.02. The number of hydrogen-bond acceptors (Lipinski definition) is 0. The van der Waals surface area contributed by atoms with Gasteiger partial charge in [0, 0.05) is 5.41 Å². The molecule has 3 rings (SSSR count). The van der Waals surface area contributed by atoms with E-state index >= 15 is 0 Å². The second kappa shape index (κ2) is 9.55. The zero-order chi connectivity index (χ0) is 20.1. The van der Waals surface area contributed by atoms with E-state index in [1.54, 1.807) is 5.57 Å². The molecule has 1 atom stereocenters. The van der Waals surface area contributed by atoms with E-state index < -0.39 is 0 Å². The molecule has 0 nitrogen and oxygen atoms in total. The van der Waals surface area contributed by atoms with Gasteiger partial charge in [0.2, 0.25) is 0 Å². The summed E-state index contributed by atoms with van der Waals surface area (Å²) in [7, 11) is 12.8. The normalized spacial score (nSPS) is 20.1. The molecule has 1 aromatic rings. The minimum atomic E-state index is 0.117. The van der Waals surface area contributed by atoms with Crippen molar-refractivity contribution in [2.75, 3.05) is 0 Å². The Bertz CT molecular complexity index is 729. The van der Waals surface area contributed by atoms with Crippen LogP contribution < -0.4 is 5.46 Å². The van der Waals surface area contributed by atoms with Crippen molar-refractivity contribution in [2.45, 2.75) is 96.8 Å². The van der Waals surface area contributed by atoms with Crippen LogP contribution in [0.15, 0.2) is 35.3 Å². The smallest absolute Gasteiger partial charge is 0.113 e. The summed E-state index contributed by atoms with van der Waals surface area (Å²) < 4.78 is 0. The van der Waals surface area contributed by atoms with Gasteiger partial charge in [-0.2, -0.15) is 0 Å². The van der Waals surface area contributed by atoms with Crippen molar-refractivity contribution in [1.82, 2.24) is 0 Å². The lowest BCUT2D eigenvalue weighted by Gasteiger charge is -2.36. The Labute approximate surface area is 176 Å². The molecule has 0 aliphatic heterocycles. The number of hydrogen-bond donors (Lipinski definition) is 0. The summed E-state index contributed by atoms with van der Waals surface area (Å²) in [5.41, 5.74) is 8.08. The summed E-state index contributed by atoms with van der Waals surface area (Å²) in [5.74, 6) is 0.431. The number of rotatable bonds is 10. The van der Waals surface area contributed by atoms with Crippen molar-refractivity contribution in [3.8, 4) is 0 Å². The standard InChI is InChI=1S/C26H36B2/c1-4-6-8-10-14-26(15-11-9-7-5-2)23-17-20(27)12-13-21(23)22-16-19(3)25(28)18-24(22)26/h12-13,17-19H,4-11,14-16H2,1-3H3. The molecule has 0 N–H and O–H groups in total. The van der Waals surface area contributed by atoms with Crippen molar-refractivity contribution in [1.29, 1.82) is 0 Å². The second-order valence-electron chi connectivity index (χ2n) is 9.15. The number of benzene rings is 1. The Kier molecular flexibility index (Phi) is 7.35. The highest BCUT2D eigenvalue weighted by Gasteiger charge is 2.44. The van der Waals surface area contributed by atoms with Gasteiger partial charge in [-0.25, -0.2) is 0 Å². The van der Waals surface area contributed by atoms with E-state index in [1.807, 2.05) is 0 Å². The molecular formula is C26H36B2. The molecular weight excluding hydrogens is 334 g/mol. The molecule has 28 heavy (non-hydrogen) atoms. The summed E-state index contributed by atoms with van der Waals surface area (Å²) in [6, 6.07) is 6.64. The summed E-state index contributed by atoms with van der Waals surface area (Å²) in [6.45, 7) is 6.84. The molecule has 0 saturated carbocycles. The van der Waals surface area contributed by atoms with Crippen LogP contribution in [0.5, 0.6) is 0 Å². The molecule has 0 fully saturated rings. The van der Waals surface area contributed by atoms with Gasteiger partial charge in [-0.05, 0) is 47.5 Å². The summed E-state index contributed by atoms with van der Waals surface area (Å²) >= 11 is 0. The first-order valence-corrected chi connectivity index (χ1v) is 11.6. The van der Waals surface area contributed by atoms with Gasteiger partial charge in [0.05, 0.1) is 0 Å². The maximum absolute atomic E-state index is 6.48. The first kappa shape index (κ1) is 21.5. The minimum Gasteiger partial charge on any atom is -0.114 e. The zero-order valence-electron chi connectivity index (χ0n) is 18.3. The molecule has 0 heterocycles. The highest BCUT2D eigenvalue weighted by molar-refractivity contribution is 6.32. The Hall–Kier alpha value is -1.17. The molecule has 1 aromatic carbocycles. The van der Waals surface area contributed by atoms with Gasteiger partial charge in [0.1, 0.15) is 15.7 Å². The first-order valence-electron chi connectivity index (χ1n) is 11.6. The molecule has 2 aliphatic rings. The lowest BCUT2D eigenvalue weighted by atomic mass is 9.66. The third-order valence-corrected chi connectivity index (χ3v) is 7.03. The van der Waals surface area contributed by atoms with Crippen molar-refractivity contribution >= 4 is 26.7 Å². The highest BCUT2D eigenvalue weighted by Crippen LogP contribution is 2.56. The zero-order valence-corrected chi connectivity index (χ0v) is 18.3. The SMILES string of the molecule is [B]C1=CC2=C(CC1C)c1ccc([B])cc1C2(CCCCCC)CCCCCC. The van der Waals surface area contributed by atoms with Gasteiger partial charge in [0.25, 0.3) is 0 Å². The van der Waals surface area contributed by atoms with Crippen molar-refractivity contribution in [3.05, 3.63) is 46.4 Å². The van der Waals surface area contributed by atoms with Gasteiger partial charge in [-0.1, -0.05) is 102 Å². The average Bonchev–Trinajstić information content (AvgIpc) is 2.92. The monoisotopic (exact) mass is 370 g/mol. The van der Waals surface area contributed by atoms with Crippen LogP contribution in [0.1, 0.15) is 103 Å². The van der Waals surface area contributed by atoms with Crippen molar-refractivity contribution in [3.63, 3.8) is 0 Å². The maximum atomic E-state index is 6.48. The van der Waals surface area contributed by atoms with E-state index in [0.717, 1.165) is 17.4 Å². The number of fused-ring (bicyclic) bond motifs is 2. The Morgan fingerprint density at radius 1 is 0.929 bits per heavy atom. The maximum Gasteiger partial charge on any atom is 0.113 e. The van der Waals surface area contributed by atoms with Crippen molar-refractivity contribution in [2.24, 2.45) is 5.92 Å². The minimum absolute atomic E-state index is 0.117. The molecule has 0 aromatic heterocycles. The van der Waals surface area contributed by atoms with E-state index in [4.69, 9.17) is 15.7 Å². The molecule has 0 bridgehead atoms. The van der Waals surface area contributed by atoms with Gasteiger partial charge in [0.15, 0.2) is 0 Å². The fourth-order valence-corrected chi connectivity index (χ4v) is 5.35. The van der Waals surface area contributed by atoms with Crippen LogP contribution in [0.3, 0.4) is 0 Å². The van der Waals surface area contributed by atoms with Crippen LogP contribution in [0.25, 0.3) is 5.57 Å². The summed E-state index contributed by atoms with van der Waals surface area (Å²) in [5, 5.41) is 0. The van der Waals surface area contributed by atoms with Gasteiger partial charge >= 0.3 is 0 Å². The van der Waals surface area contributed by atoms with Gasteiger partial charge in [-0.15, -0.1) is 5.47 Å². The molecule has 0 saturated heterocycles. The lowest BCUT2D eigenvalue weighted by Crippen LogP contribution is -2.28. The molecule has 2 heteroatoms. The number of allylic oxidation sites excluding steroid dienone is 4. The van der Waals surface area contributed by atoms with Gasteiger partial charge in [-0.3, -0.25) is 0 Å². The van der Waals surface area contributed by atoms with E-state index in [1.165, 1.54) is 80.9 Å². The van der Waals surface area contributed by atoms with E-state index in [-0.39, 0.29) is 5.41 Å². The van der Waals surface area contributed by atoms with E-state index in [0.29, 0.717) is 5.92 Å². The second-order valence-corrected chi connectivity index (χ2v) is 9.15. The average molecular weight is 370 g/mol. The fraction of sp³-hybridized carbons (Fsp3) is 0.615. The first-order chi connectivity index (χ1) is 13.5. The lowest BCUT2D eigenvalue weighted by molar-refractivity contribution is 0.397. The quantitative estimate of drug-likeness (QED) is 0.325. The van der Waals surface area contributed by atoms with Crippen LogP contribution in [-0.2, 0) is 5.41 Å². The molecule has 4 radical (unpaired) electrons. The summed E-state index contributed by atoms with van der Waals surface area (Å²) in [6.07, 6.45) is 16.3. The molecule has 0 amide bonds. The highest BCUT2D eigenvalue weighted by atomic mass is 14.5. The van der Waals surface area contributed by atoms with Crippen LogP contribution in [0.2, 0.25) is 0 Å². The predicted octanol–water partition coefficient (Wildman–Crippen LogP) is 6.52. The fourth-order valence-electron chi connectivity index (χ4n) is 5.35. The topological polar surface area (TPSA) is 0 Å². The number of unbranched alkanes of at least 4 members (excludes halogenated alkanes) is 6. The Morgan fingerprint density at radius 3 is 2.18 bits per heavy atom. The van der Waals surface area contributed by atoms with E-state index in [9.17, 15) is 0 Å². The Morgan fingerprint density at radius 2 is 1.57 bits per heavy atom. The molecule has 1 unspecified atom stereocenters. The van der Waals surface area contributed by atoms with Crippen LogP contribution in [0, 0.1) is 5.92 Å². The largest absolute Gasteiger partial charge is 0.114 e. The van der Waals surface area contributed by atoms with Crippen LogP contribution in [-0.4, -0.2) is 15.7 Å². The molecule has 146 valence electrons. The van der Waals surface area contributed by atoms with Crippen molar-refractivity contribution < 1.29 is 0 Å².